The molecular formula is C17H18F4N4O2. The quantitative estimate of drug-likeness (QED) is 0.700. The maximum Gasteiger partial charge on any atom is 0.411 e. The van der Waals surface area contributed by atoms with E-state index >= 15 is 0 Å². The highest BCUT2D eigenvalue weighted by Gasteiger charge is 2.39. The molecule has 10 heteroatoms. The zero-order valence-electron chi connectivity index (χ0n) is 14.1. The van der Waals surface area contributed by atoms with E-state index in [9.17, 15) is 22.4 Å². The van der Waals surface area contributed by atoms with Crippen molar-refractivity contribution in [2.24, 2.45) is 4.99 Å². The van der Waals surface area contributed by atoms with Gasteiger partial charge in [-0.2, -0.15) is 13.2 Å². The summed E-state index contributed by atoms with van der Waals surface area (Å²) in [6, 6.07) is 1.74. The van der Waals surface area contributed by atoms with Crippen LogP contribution in [0.4, 0.5) is 28.0 Å². The van der Waals surface area contributed by atoms with Crippen molar-refractivity contribution in [2.75, 3.05) is 25.0 Å². The van der Waals surface area contributed by atoms with E-state index in [1.165, 1.54) is 18.2 Å². The summed E-state index contributed by atoms with van der Waals surface area (Å²) >= 11 is 0. The number of amides is 2. The number of hydrogen-bond donors (Lipinski definition) is 3. The molecule has 6 nitrogen and oxygen atoms in total. The molecular weight excluding hydrogens is 368 g/mol. The van der Waals surface area contributed by atoms with Gasteiger partial charge in [0.25, 0.3) is 0 Å². The Bertz CT molecular complexity index is 758. The monoisotopic (exact) mass is 386 g/mol. The second-order valence-corrected chi connectivity index (χ2v) is 6.11. The summed E-state index contributed by atoms with van der Waals surface area (Å²) in [6.07, 6.45) is -2.90. The van der Waals surface area contributed by atoms with Crippen molar-refractivity contribution < 1.29 is 27.1 Å². The molecule has 1 fully saturated rings. The first-order chi connectivity index (χ1) is 12.8. The maximum absolute atomic E-state index is 14.2. The lowest BCUT2D eigenvalue weighted by molar-refractivity contribution is -0.146. The standard InChI is InChI=1S/C17H18F4N4O2/c18-12-7-10(14-9-22-5-6-27-14)1-3-13(12)25-16(26)24-11-2-4-15(23-8-11)17(19,20)21/h1-3,7-8,14-15,22H,4-6,9H2,(H2,24,25,26)/t14-,15?/m1/s1. The van der Waals surface area contributed by atoms with Gasteiger partial charge in [-0.05, 0) is 24.1 Å². The molecule has 2 amide bonds. The van der Waals surface area contributed by atoms with E-state index in [-0.39, 0.29) is 23.9 Å². The molecule has 2 aliphatic rings. The Morgan fingerprint density at radius 1 is 1.30 bits per heavy atom. The number of dihydropyridines is 1. The fourth-order valence-electron chi connectivity index (χ4n) is 2.72. The van der Waals surface area contributed by atoms with Crippen molar-refractivity contribution in [1.82, 2.24) is 10.6 Å². The van der Waals surface area contributed by atoms with Crippen molar-refractivity contribution in [3.63, 3.8) is 0 Å². The lowest BCUT2D eigenvalue weighted by Gasteiger charge is -2.24. The summed E-state index contributed by atoms with van der Waals surface area (Å²) < 4.78 is 57.4. The van der Waals surface area contributed by atoms with E-state index in [4.69, 9.17) is 4.74 Å². The fraction of sp³-hybridized carbons (Fsp3) is 0.412. The van der Waals surface area contributed by atoms with Gasteiger partial charge in [0.2, 0.25) is 0 Å². The van der Waals surface area contributed by atoms with Gasteiger partial charge in [-0.3, -0.25) is 4.99 Å². The molecule has 3 rings (SSSR count). The third kappa shape index (κ3) is 5.04. The number of morpholine rings is 1. The zero-order chi connectivity index (χ0) is 19.4. The molecule has 0 aromatic heterocycles. The van der Waals surface area contributed by atoms with Crippen LogP contribution in [0.5, 0.6) is 0 Å². The van der Waals surface area contributed by atoms with Crippen molar-refractivity contribution in [1.29, 1.82) is 0 Å². The number of benzene rings is 1. The third-order valence-electron chi connectivity index (χ3n) is 4.13. The van der Waals surface area contributed by atoms with Gasteiger partial charge in [0.15, 0.2) is 0 Å². The summed E-state index contributed by atoms with van der Waals surface area (Å²) in [6.45, 7) is 1.83. The number of anilines is 1. The Morgan fingerprint density at radius 3 is 2.70 bits per heavy atom. The Morgan fingerprint density at radius 2 is 2.11 bits per heavy atom. The van der Waals surface area contributed by atoms with E-state index in [1.54, 1.807) is 6.07 Å². The SMILES string of the molecule is O=C(NC1=CCC(C(F)(F)F)N=C1)Nc1ccc([C@H]2CNCCO2)cc1F. The minimum Gasteiger partial charge on any atom is -0.371 e. The van der Waals surface area contributed by atoms with Crippen LogP contribution in [-0.2, 0) is 4.74 Å². The highest BCUT2D eigenvalue weighted by molar-refractivity contribution is 5.95. The van der Waals surface area contributed by atoms with Crippen LogP contribution in [0.3, 0.4) is 0 Å². The number of halogens is 4. The van der Waals surface area contributed by atoms with Crippen LogP contribution in [0.2, 0.25) is 0 Å². The number of ether oxygens (including phenoxy) is 1. The highest BCUT2D eigenvalue weighted by atomic mass is 19.4. The van der Waals surface area contributed by atoms with Crippen LogP contribution in [0.25, 0.3) is 0 Å². The minimum absolute atomic E-state index is 0.0541. The number of carbonyl (C=O) groups is 1. The van der Waals surface area contributed by atoms with Crippen LogP contribution in [0.15, 0.2) is 35.0 Å². The molecule has 0 bridgehead atoms. The second-order valence-electron chi connectivity index (χ2n) is 6.11. The molecule has 2 atom stereocenters. The highest BCUT2D eigenvalue weighted by Crippen LogP contribution is 2.27. The van der Waals surface area contributed by atoms with Crippen LogP contribution < -0.4 is 16.0 Å². The number of urea groups is 1. The van der Waals surface area contributed by atoms with Gasteiger partial charge in [0, 0.05) is 19.3 Å². The molecule has 2 heterocycles. The summed E-state index contributed by atoms with van der Waals surface area (Å²) in [5, 5.41) is 7.80. The number of rotatable bonds is 3. The number of carbonyl (C=O) groups excluding carboxylic acids is 1. The summed E-state index contributed by atoms with van der Waals surface area (Å²) in [7, 11) is 0. The third-order valence-corrected chi connectivity index (χ3v) is 4.13. The Labute approximate surface area is 152 Å². The van der Waals surface area contributed by atoms with Gasteiger partial charge in [0.1, 0.15) is 11.9 Å². The number of aliphatic imine (C=N–C) groups is 1. The normalized spacial score (nSPS) is 22.9. The average Bonchev–Trinajstić information content (AvgIpc) is 2.64. The van der Waals surface area contributed by atoms with Gasteiger partial charge in [-0.1, -0.05) is 12.1 Å². The molecule has 0 radical (unpaired) electrons. The van der Waals surface area contributed by atoms with Gasteiger partial charge < -0.3 is 20.7 Å². The molecule has 1 aromatic rings. The summed E-state index contributed by atoms with van der Waals surface area (Å²) in [5.41, 5.74) is 0.708. The van der Waals surface area contributed by atoms with E-state index in [2.05, 4.69) is 20.9 Å². The van der Waals surface area contributed by atoms with Crippen molar-refractivity contribution >= 4 is 17.9 Å². The number of hydrogen-bond acceptors (Lipinski definition) is 4. The van der Waals surface area contributed by atoms with Gasteiger partial charge in [-0.15, -0.1) is 0 Å². The molecule has 27 heavy (non-hydrogen) atoms. The topological polar surface area (TPSA) is 74.8 Å². The second kappa shape index (κ2) is 8.05. The smallest absolute Gasteiger partial charge is 0.371 e. The lowest BCUT2D eigenvalue weighted by Crippen LogP contribution is -2.34. The molecule has 3 N–H and O–H groups in total. The van der Waals surface area contributed by atoms with Crippen molar-refractivity contribution in [3.8, 4) is 0 Å². The molecule has 1 unspecified atom stereocenters. The number of alkyl halides is 3. The minimum atomic E-state index is -4.43. The van der Waals surface area contributed by atoms with E-state index in [1.807, 2.05) is 0 Å². The predicted octanol–water partition coefficient (Wildman–Crippen LogP) is 2.90. The van der Waals surface area contributed by atoms with Crippen molar-refractivity contribution in [2.45, 2.75) is 24.7 Å². The first-order valence-corrected chi connectivity index (χ1v) is 8.33. The fourth-order valence-corrected chi connectivity index (χ4v) is 2.72. The van der Waals surface area contributed by atoms with Crippen LogP contribution in [0.1, 0.15) is 18.1 Å². The number of allylic oxidation sites excluding steroid dienone is 1. The Balaban J connectivity index is 1.57. The lowest BCUT2D eigenvalue weighted by atomic mass is 10.1. The van der Waals surface area contributed by atoms with Crippen LogP contribution in [-0.4, -0.2) is 44.2 Å². The molecule has 2 aliphatic heterocycles. The summed E-state index contributed by atoms with van der Waals surface area (Å²) in [5.74, 6) is -0.639. The zero-order valence-corrected chi connectivity index (χ0v) is 14.1. The van der Waals surface area contributed by atoms with Gasteiger partial charge >= 0.3 is 12.2 Å². The molecule has 0 spiro atoms. The van der Waals surface area contributed by atoms with Crippen molar-refractivity contribution in [3.05, 3.63) is 41.4 Å². The number of nitrogens with one attached hydrogen (secondary N) is 3. The molecule has 0 saturated carbocycles. The van der Waals surface area contributed by atoms with E-state index < -0.39 is 24.1 Å². The molecule has 146 valence electrons. The first-order valence-electron chi connectivity index (χ1n) is 8.33. The van der Waals surface area contributed by atoms with E-state index in [0.29, 0.717) is 18.7 Å². The predicted molar refractivity (Wildman–Crippen MR) is 91.2 cm³/mol. The molecule has 1 saturated heterocycles. The largest absolute Gasteiger partial charge is 0.411 e. The molecule has 0 aliphatic carbocycles. The van der Waals surface area contributed by atoms with Gasteiger partial charge in [0.05, 0.1) is 24.1 Å². The van der Waals surface area contributed by atoms with Crippen LogP contribution >= 0.6 is 0 Å². The number of nitrogens with zero attached hydrogens (tertiary/aromatic N) is 1. The van der Waals surface area contributed by atoms with Crippen LogP contribution in [0, 0.1) is 5.82 Å². The Kier molecular flexibility index (Phi) is 5.76. The molecule has 1 aromatic carbocycles. The van der Waals surface area contributed by atoms with Gasteiger partial charge in [-0.25, -0.2) is 9.18 Å². The first kappa shape index (κ1) is 19.3. The maximum atomic E-state index is 14.2. The van der Waals surface area contributed by atoms with E-state index in [0.717, 1.165) is 12.8 Å². The Hall–Kier alpha value is -2.46. The summed E-state index contributed by atoms with van der Waals surface area (Å²) in [4.78, 5) is 15.3. The average molecular weight is 386 g/mol.